The molecule has 0 fully saturated rings. The summed E-state index contributed by atoms with van der Waals surface area (Å²) in [5, 5.41) is 4.00. The van der Waals surface area contributed by atoms with Crippen molar-refractivity contribution in [3.63, 3.8) is 0 Å². The van der Waals surface area contributed by atoms with E-state index in [1.54, 1.807) is 13.0 Å². The quantitative estimate of drug-likeness (QED) is 0.692. The number of alkyl halides is 2. The van der Waals surface area contributed by atoms with Gasteiger partial charge in [0.2, 0.25) is 5.91 Å². The maximum atomic E-state index is 13.1. The van der Waals surface area contributed by atoms with Gasteiger partial charge >= 0.3 is 0 Å². The van der Waals surface area contributed by atoms with E-state index in [0.717, 1.165) is 5.56 Å². The van der Waals surface area contributed by atoms with E-state index < -0.39 is 18.9 Å². The number of fused-ring (bicyclic) bond motifs is 3. The van der Waals surface area contributed by atoms with E-state index in [-0.39, 0.29) is 16.0 Å². The minimum Gasteiger partial charge on any atom is -0.355 e. The Morgan fingerprint density at radius 1 is 1.48 bits per heavy atom. The monoisotopic (exact) mass is 424 g/mol. The molecule has 1 aromatic carbocycles. The second-order valence-electron chi connectivity index (χ2n) is 5.50. The van der Waals surface area contributed by atoms with Crippen LogP contribution in [-0.4, -0.2) is 23.4 Å². The number of nitrogens with zero attached hydrogens (tertiary/aromatic N) is 1. The maximum Gasteiger partial charge on any atom is 0.256 e. The van der Waals surface area contributed by atoms with Gasteiger partial charge in [0, 0.05) is 28.5 Å². The third kappa shape index (κ3) is 2.75. The highest BCUT2D eigenvalue weighted by Crippen LogP contribution is 2.44. The molecule has 0 aliphatic carbocycles. The molecule has 1 aliphatic heterocycles. The summed E-state index contributed by atoms with van der Waals surface area (Å²) >= 11 is 15.9. The predicted molar refractivity (Wildman–Crippen MR) is 90.8 cm³/mol. The normalized spacial score (nSPS) is 18.2. The zero-order valence-corrected chi connectivity index (χ0v) is 15.2. The molecule has 1 aromatic heterocycles. The summed E-state index contributed by atoms with van der Waals surface area (Å²) in [5.41, 5.74) is 1.90. The van der Waals surface area contributed by atoms with E-state index >= 15 is 0 Å². The van der Waals surface area contributed by atoms with Crippen LogP contribution in [0.2, 0.25) is 10.0 Å². The lowest BCUT2D eigenvalue weighted by Gasteiger charge is -2.11. The standard InChI is InChI=1S/C15H13BrCl2F2N2O/c1-6-11-9(2-3-21-15(6)23)22(5-10(19)20)14-12(11)7(16)4-8(17)13(14)18/h4,6,10H,2-3,5H2,1H3,(H,21,23). The second kappa shape index (κ2) is 6.22. The fourth-order valence-corrected chi connectivity index (χ4v) is 4.39. The first-order valence-electron chi connectivity index (χ1n) is 7.07. The number of amides is 1. The predicted octanol–water partition coefficient (Wildman–Crippen LogP) is 4.75. The van der Waals surface area contributed by atoms with Crippen LogP contribution in [0.1, 0.15) is 24.1 Å². The van der Waals surface area contributed by atoms with Crippen molar-refractivity contribution < 1.29 is 13.6 Å². The fourth-order valence-electron chi connectivity index (χ4n) is 3.18. The van der Waals surface area contributed by atoms with Gasteiger partial charge in [-0.2, -0.15) is 0 Å². The number of nitrogens with one attached hydrogen (secondary N) is 1. The molecule has 1 N–H and O–H groups in total. The maximum absolute atomic E-state index is 13.1. The van der Waals surface area contributed by atoms with E-state index in [0.29, 0.717) is 34.0 Å². The molecule has 0 saturated heterocycles. The highest BCUT2D eigenvalue weighted by atomic mass is 79.9. The molecule has 8 heteroatoms. The Morgan fingerprint density at radius 3 is 2.83 bits per heavy atom. The second-order valence-corrected chi connectivity index (χ2v) is 7.14. The smallest absolute Gasteiger partial charge is 0.256 e. The minimum absolute atomic E-state index is 0.127. The van der Waals surface area contributed by atoms with Crippen LogP contribution < -0.4 is 5.32 Å². The summed E-state index contributed by atoms with van der Waals surface area (Å²) in [7, 11) is 0. The van der Waals surface area contributed by atoms with Gasteiger partial charge in [-0.05, 0) is 18.6 Å². The van der Waals surface area contributed by atoms with E-state index in [1.807, 2.05) is 0 Å². The summed E-state index contributed by atoms with van der Waals surface area (Å²) in [5.74, 6) is -0.583. The summed E-state index contributed by atoms with van der Waals surface area (Å²) in [6.07, 6.45) is -2.07. The Morgan fingerprint density at radius 2 is 2.17 bits per heavy atom. The zero-order chi connectivity index (χ0) is 16.9. The van der Waals surface area contributed by atoms with Crippen molar-refractivity contribution in [2.75, 3.05) is 6.54 Å². The van der Waals surface area contributed by atoms with Gasteiger partial charge in [0.25, 0.3) is 6.43 Å². The van der Waals surface area contributed by atoms with Crippen LogP contribution in [0.5, 0.6) is 0 Å². The summed E-state index contributed by atoms with van der Waals surface area (Å²) in [6, 6.07) is 1.63. The molecule has 2 aromatic rings. The number of carbonyl (C=O) groups is 1. The number of benzene rings is 1. The Balaban J connectivity index is 2.44. The van der Waals surface area contributed by atoms with Crippen molar-refractivity contribution >= 4 is 55.9 Å². The van der Waals surface area contributed by atoms with Crippen molar-refractivity contribution in [1.82, 2.24) is 9.88 Å². The van der Waals surface area contributed by atoms with Gasteiger partial charge in [0.05, 0.1) is 28.0 Å². The molecule has 0 saturated carbocycles. The SMILES string of the molecule is CC1C(=O)NCCc2c1c1c(Br)cc(Cl)c(Cl)c1n2CC(F)F. The third-order valence-electron chi connectivity index (χ3n) is 4.13. The molecule has 1 aliphatic rings. The first kappa shape index (κ1) is 17.0. The topological polar surface area (TPSA) is 34.0 Å². The average molecular weight is 426 g/mol. The van der Waals surface area contributed by atoms with Crippen molar-refractivity contribution in [1.29, 1.82) is 0 Å². The van der Waals surface area contributed by atoms with E-state index in [4.69, 9.17) is 23.2 Å². The van der Waals surface area contributed by atoms with Gasteiger partial charge in [-0.25, -0.2) is 8.78 Å². The molecule has 0 bridgehead atoms. The highest BCUT2D eigenvalue weighted by Gasteiger charge is 2.31. The van der Waals surface area contributed by atoms with Crippen LogP contribution in [0.3, 0.4) is 0 Å². The number of hydrogen-bond acceptors (Lipinski definition) is 1. The van der Waals surface area contributed by atoms with Crippen LogP contribution in [-0.2, 0) is 17.8 Å². The van der Waals surface area contributed by atoms with Crippen molar-refractivity contribution in [2.24, 2.45) is 0 Å². The lowest BCUT2D eigenvalue weighted by Crippen LogP contribution is -2.27. The van der Waals surface area contributed by atoms with Crippen LogP contribution in [0.15, 0.2) is 10.5 Å². The van der Waals surface area contributed by atoms with Gasteiger partial charge in [0.15, 0.2) is 0 Å². The van der Waals surface area contributed by atoms with Gasteiger partial charge < -0.3 is 9.88 Å². The number of aromatic nitrogens is 1. The number of halogens is 5. The van der Waals surface area contributed by atoms with Crippen molar-refractivity contribution in [3.8, 4) is 0 Å². The van der Waals surface area contributed by atoms with Crippen LogP contribution in [0.25, 0.3) is 10.9 Å². The lowest BCUT2D eigenvalue weighted by molar-refractivity contribution is -0.121. The van der Waals surface area contributed by atoms with E-state index in [1.165, 1.54) is 4.57 Å². The van der Waals surface area contributed by atoms with Crippen molar-refractivity contribution in [3.05, 3.63) is 31.8 Å². The van der Waals surface area contributed by atoms with Crippen LogP contribution in [0.4, 0.5) is 8.78 Å². The molecule has 1 unspecified atom stereocenters. The first-order chi connectivity index (χ1) is 10.8. The van der Waals surface area contributed by atoms with Crippen LogP contribution >= 0.6 is 39.1 Å². The summed E-state index contributed by atoms with van der Waals surface area (Å²) in [4.78, 5) is 12.2. The number of hydrogen-bond donors (Lipinski definition) is 1. The Kier molecular flexibility index (Phi) is 4.60. The molecule has 124 valence electrons. The van der Waals surface area contributed by atoms with Crippen molar-refractivity contribution in [2.45, 2.75) is 32.2 Å². The summed E-state index contributed by atoms with van der Waals surface area (Å²) in [6.45, 7) is 1.68. The molecule has 1 atom stereocenters. The lowest BCUT2D eigenvalue weighted by atomic mass is 9.97. The molecule has 1 amide bonds. The molecule has 23 heavy (non-hydrogen) atoms. The molecular formula is C15H13BrCl2F2N2O. The van der Waals surface area contributed by atoms with Crippen LogP contribution in [0, 0.1) is 0 Å². The molecule has 3 rings (SSSR count). The summed E-state index contributed by atoms with van der Waals surface area (Å²) < 4.78 is 28.4. The highest BCUT2D eigenvalue weighted by molar-refractivity contribution is 9.10. The fraction of sp³-hybridized carbons (Fsp3) is 0.400. The average Bonchev–Trinajstić information content (AvgIpc) is 2.70. The number of rotatable bonds is 2. The Hall–Kier alpha value is -0.850. The van der Waals surface area contributed by atoms with Gasteiger partial charge in [-0.3, -0.25) is 4.79 Å². The van der Waals surface area contributed by atoms with Gasteiger partial charge in [-0.15, -0.1) is 0 Å². The Labute approximate surface area is 150 Å². The third-order valence-corrected chi connectivity index (χ3v) is 5.53. The molecule has 0 radical (unpaired) electrons. The molecule has 3 nitrogen and oxygen atoms in total. The minimum atomic E-state index is -2.54. The number of carbonyl (C=O) groups excluding carboxylic acids is 1. The van der Waals surface area contributed by atoms with E-state index in [9.17, 15) is 13.6 Å². The first-order valence-corrected chi connectivity index (χ1v) is 8.62. The largest absolute Gasteiger partial charge is 0.355 e. The van der Waals surface area contributed by atoms with E-state index in [2.05, 4.69) is 21.2 Å². The Bertz CT molecular complexity index is 807. The zero-order valence-electron chi connectivity index (χ0n) is 12.1. The molecule has 0 spiro atoms. The van der Waals surface area contributed by atoms with Gasteiger partial charge in [0.1, 0.15) is 0 Å². The molecule has 2 heterocycles. The van der Waals surface area contributed by atoms with Gasteiger partial charge in [-0.1, -0.05) is 39.1 Å². The molecular weight excluding hydrogens is 413 g/mol.